The van der Waals surface area contributed by atoms with Crippen molar-refractivity contribution in [3.8, 4) is 5.75 Å². The van der Waals surface area contributed by atoms with Crippen LogP contribution < -0.4 is 10.1 Å². The Bertz CT molecular complexity index is 1010. The van der Waals surface area contributed by atoms with Crippen molar-refractivity contribution in [1.29, 1.82) is 0 Å². The summed E-state index contributed by atoms with van der Waals surface area (Å²) in [5.74, 6) is 0.700. The number of rotatable bonds is 6. The summed E-state index contributed by atoms with van der Waals surface area (Å²) < 4.78 is 12.7. The van der Waals surface area contributed by atoms with Gasteiger partial charge in [-0.25, -0.2) is 0 Å². The van der Waals surface area contributed by atoms with Crippen LogP contribution in [0.2, 0.25) is 0 Å². The third-order valence-corrected chi connectivity index (χ3v) is 4.11. The number of nitro groups is 1. The van der Waals surface area contributed by atoms with Crippen LogP contribution in [-0.2, 0) is 13.7 Å². The quantitative estimate of drug-likeness (QED) is 0.526. The maximum atomic E-state index is 12.3. The number of hydrogen-bond acceptors (Lipinski definition) is 6. The smallest absolute Gasteiger partial charge is 0.291 e. The fourth-order valence-corrected chi connectivity index (χ4v) is 2.46. The summed E-state index contributed by atoms with van der Waals surface area (Å²) in [6.45, 7) is 3.58. The standard InChI is InChI=1S/C18H18N4O5/c1-11-8-13(4-6-16(11)22(24)25)26-10-14-5-7-17(27-14)18(23)20-15-9-19-21(3)12(15)2/h4-9H,10H2,1-3H3,(H,20,23). The molecule has 0 saturated carbocycles. The molecule has 0 aliphatic carbocycles. The molecule has 0 bridgehead atoms. The minimum absolute atomic E-state index is 0.0324. The van der Waals surface area contributed by atoms with Gasteiger partial charge < -0.3 is 14.5 Å². The molecule has 3 aromatic rings. The van der Waals surface area contributed by atoms with E-state index in [0.29, 0.717) is 22.8 Å². The Labute approximate surface area is 154 Å². The molecule has 9 heteroatoms. The fourth-order valence-electron chi connectivity index (χ4n) is 2.46. The highest BCUT2D eigenvalue weighted by Crippen LogP contribution is 2.24. The van der Waals surface area contributed by atoms with Gasteiger partial charge >= 0.3 is 0 Å². The highest BCUT2D eigenvalue weighted by Gasteiger charge is 2.15. The number of aromatic nitrogens is 2. The Kier molecular flexibility index (Phi) is 4.93. The van der Waals surface area contributed by atoms with E-state index in [2.05, 4.69) is 10.4 Å². The molecule has 0 aliphatic heterocycles. The third-order valence-electron chi connectivity index (χ3n) is 4.11. The number of ether oxygens (including phenoxy) is 1. The van der Waals surface area contributed by atoms with E-state index in [4.69, 9.17) is 9.15 Å². The van der Waals surface area contributed by atoms with Gasteiger partial charge in [0.05, 0.1) is 22.5 Å². The highest BCUT2D eigenvalue weighted by atomic mass is 16.6. The number of benzene rings is 1. The molecule has 0 radical (unpaired) electrons. The average molecular weight is 370 g/mol. The first-order chi connectivity index (χ1) is 12.8. The van der Waals surface area contributed by atoms with Crippen LogP contribution in [0.3, 0.4) is 0 Å². The van der Waals surface area contributed by atoms with E-state index in [1.54, 1.807) is 43.0 Å². The van der Waals surface area contributed by atoms with E-state index < -0.39 is 4.92 Å². The molecule has 0 saturated heterocycles. The summed E-state index contributed by atoms with van der Waals surface area (Å²) in [5.41, 5.74) is 1.97. The van der Waals surface area contributed by atoms with Crippen LogP contribution >= 0.6 is 0 Å². The number of nitrogens with zero attached hydrogens (tertiary/aromatic N) is 3. The monoisotopic (exact) mass is 370 g/mol. The number of amides is 1. The summed E-state index contributed by atoms with van der Waals surface area (Å²) in [4.78, 5) is 22.7. The van der Waals surface area contributed by atoms with Crippen molar-refractivity contribution in [3.63, 3.8) is 0 Å². The van der Waals surface area contributed by atoms with Crippen LogP contribution in [0.5, 0.6) is 5.75 Å². The molecule has 0 aliphatic rings. The molecule has 9 nitrogen and oxygen atoms in total. The van der Waals surface area contributed by atoms with Gasteiger partial charge in [-0.3, -0.25) is 19.6 Å². The Morgan fingerprint density at radius 2 is 2.11 bits per heavy atom. The summed E-state index contributed by atoms with van der Waals surface area (Å²) in [6, 6.07) is 7.69. The average Bonchev–Trinajstić information content (AvgIpc) is 3.22. The zero-order chi connectivity index (χ0) is 19.6. The molecule has 0 atom stereocenters. The van der Waals surface area contributed by atoms with Crippen LogP contribution in [0.25, 0.3) is 0 Å². The Hall–Kier alpha value is -3.62. The minimum atomic E-state index is -0.444. The molecule has 1 amide bonds. The molecule has 1 N–H and O–H groups in total. The van der Waals surface area contributed by atoms with Gasteiger partial charge in [0.25, 0.3) is 11.6 Å². The van der Waals surface area contributed by atoms with Crippen LogP contribution in [0.4, 0.5) is 11.4 Å². The lowest BCUT2D eigenvalue weighted by atomic mass is 10.2. The number of nitro benzene ring substituents is 1. The summed E-state index contributed by atoms with van der Waals surface area (Å²) >= 11 is 0. The lowest BCUT2D eigenvalue weighted by molar-refractivity contribution is -0.385. The number of carbonyl (C=O) groups is 1. The van der Waals surface area contributed by atoms with Crippen LogP contribution in [-0.4, -0.2) is 20.6 Å². The molecule has 2 aromatic heterocycles. The summed E-state index contributed by atoms with van der Waals surface area (Å²) in [6.07, 6.45) is 1.57. The van der Waals surface area contributed by atoms with Gasteiger partial charge in [0.15, 0.2) is 5.76 Å². The number of nitrogens with one attached hydrogen (secondary N) is 1. The normalized spacial score (nSPS) is 10.6. The number of hydrogen-bond donors (Lipinski definition) is 1. The van der Waals surface area contributed by atoms with Crippen molar-refractivity contribution in [2.45, 2.75) is 20.5 Å². The van der Waals surface area contributed by atoms with Crippen molar-refractivity contribution in [2.75, 3.05) is 5.32 Å². The van der Waals surface area contributed by atoms with Crippen molar-refractivity contribution in [2.24, 2.45) is 7.05 Å². The Balaban J connectivity index is 1.62. The molecule has 0 fully saturated rings. The van der Waals surface area contributed by atoms with Crippen molar-refractivity contribution >= 4 is 17.3 Å². The number of furan rings is 1. The van der Waals surface area contributed by atoms with Gasteiger partial charge in [-0.05, 0) is 38.1 Å². The molecule has 3 rings (SSSR count). The lowest BCUT2D eigenvalue weighted by Crippen LogP contribution is -2.11. The number of aryl methyl sites for hydroxylation is 2. The first-order valence-electron chi connectivity index (χ1n) is 8.11. The van der Waals surface area contributed by atoms with Gasteiger partial charge in [-0.1, -0.05) is 0 Å². The molecular weight excluding hydrogens is 352 g/mol. The lowest BCUT2D eigenvalue weighted by Gasteiger charge is -2.05. The van der Waals surface area contributed by atoms with Gasteiger partial charge in [0.1, 0.15) is 18.1 Å². The minimum Gasteiger partial charge on any atom is -0.486 e. The summed E-state index contributed by atoms with van der Waals surface area (Å²) in [5, 5.41) is 17.6. The molecule has 1 aromatic carbocycles. The van der Waals surface area contributed by atoms with Crippen LogP contribution in [0.15, 0.2) is 40.9 Å². The highest BCUT2D eigenvalue weighted by molar-refractivity contribution is 6.02. The van der Waals surface area contributed by atoms with E-state index in [9.17, 15) is 14.9 Å². The second-order valence-corrected chi connectivity index (χ2v) is 5.98. The first-order valence-corrected chi connectivity index (χ1v) is 8.11. The molecular formula is C18H18N4O5. The second-order valence-electron chi connectivity index (χ2n) is 5.98. The fraction of sp³-hybridized carbons (Fsp3) is 0.222. The molecule has 0 spiro atoms. The van der Waals surface area contributed by atoms with Crippen molar-refractivity contribution in [3.05, 3.63) is 69.4 Å². The SMILES string of the molecule is Cc1cc(OCc2ccc(C(=O)Nc3cnn(C)c3C)o2)ccc1[N+](=O)[O-]. The zero-order valence-electron chi connectivity index (χ0n) is 15.1. The van der Waals surface area contributed by atoms with Gasteiger partial charge in [-0.15, -0.1) is 0 Å². The molecule has 27 heavy (non-hydrogen) atoms. The predicted molar refractivity (Wildman–Crippen MR) is 96.8 cm³/mol. The van der Waals surface area contributed by atoms with Crippen molar-refractivity contribution in [1.82, 2.24) is 9.78 Å². The summed E-state index contributed by atoms with van der Waals surface area (Å²) in [7, 11) is 1.78. The van der Waals surface area contributed by atoms with Gasteiger partial charge in [-0.2, -0.15) is 5.10 Å². The third kappa shape index (κ3) is 3.97. The van der Waals surface area contributed by atoms with E-state index in [1.165, 1.54) is 12.1 Å². The molecule has 140 valence electrons. The van der Waals surface area contributed by atoms with Crippen LogP contribution in [0, 0.1) is 24.0 Å². The van der Waals surface area contributed by atoms with Gasteiger partial charge in [0, 0.05) is 18.7 Å². The van der Waals surface area contributed by atoms with Crippen LogP contribution in [0.1, 0.15) is 27.6 Å². The number of anilines is 1. The zero-order valence-corrected chi connectivity index (χ0v) is 15.1. The largest absolute Gasteiger partial charge is 0.486 e. The predicted octanol–water partition coefficient (Wildman–Crippen LogP) is 3.37. The van der Waals surface area contributed by atoms with E-state index in [0.717, 1.165) is 5.69 Å². The van der Waals surface area contributed by atoms with Gasteiger partial charge in [0.2, 0.25) is 0 Å². The van der Waals surface area contributed by atoms with E-state index in [1.807, 2.05) is 6.92 Å². The Morgan fingerprint density at radius 1 is 1.33 bits per heavy atom. The molecule has 0 unspecified atom stereocenters. The topological polar surface area (TPSA) is 112 Å². The second kappa shape index (κ2) is 7.32. The van der Waals surface area contributed by atoms with E-state index >= 15 is 0 Å². The first kappa shape index (κ1) is 18.2. The maximum Gasteiger partial charge on any atom is 0.291 e. The van der Waals surface area contributed by atoms with E-state index in [-0.39, 0.29) is 24.0 Å². The number of carbonyl (C=O) groups excluding carboxylic acids is 1. The Morgan fingerprint density at radius 3 is 2.74 bits per heavy atom. The maximum absolute atomic E-state index is 12.3. The molecule has 2 heterocycles. The van der Waals surface area contributed by atoms with Crippen molar-refractivity contribution < 1.29 is 18.9 Å².